The summed E-state index contributed by atoms with van der Waals surface area (Å²) < 4.78 is 19.6. The summed E-state index contributed by atoms with van der Waals surface area (Å²) in [6.45, 7) is 3.77. The minimum absolute atomic E-state index is 0.0187. The molecule has 1 aliphatic rings. The quantitative estimate of drug-likeness (QED) is 0.577. The lowest BCUT2D eigenvalue weighted by Crippen LogP contribution is -2.25. The van der Waals surface area contributed by atoms with Gasteiger partial charge >= 0.3 is 0 Å². The van der Waals surface area contributed by atoms with Crippen LogP contribution in [0.25, 0.3) is 11.3 Å². The van der Waals surface area contributed by atoms with Crippen LogP contribution in [0.4, 0.5) is 4.39 Å². The highest BCUT2D eigenvalue weighted by molar-refractivity contribution is 5.76. The minimum Gasteiger partial charge on any atom is -0.461 e. The third-order valence-corrected chi connectivity index (χ3v) is 5.59. The van der Waals surface area contributed by atoms with Crippen molar-refractivity contribution in [1.29, 1.82) is 0 Å². The Kier molecular flexibility index (Phi) is 6.60. The number of carbonyl (C=O) groups is 1. The van der Waals surface area contributed by atoms with Crippen LogP contribution < -0.4 is 5.32 Å². The van der Waals surface area contributed by atoms with Crippen molar-refractivity contribution in [1.82, 2.24) is 10.2 Å². The number of likely N-dealkylation sites (tertiary alicyclic amines) is 1. The first-order valence-corrected chi connectivity index (χ1v) is 10.6. The molecule has 0 unspecified atom stereocenters. The summed E-state index contributed by atoms with van der Waals surface area (Å²) in [4.78, 5) is 14.8. The second kappa shape index (κ2) is 9.72. The van der Waals surface area contributed by atoms with Crippen LogP contribution in [0.1, 0.15) is 36.1 Å². The zero-order valence-corrected chi connectivity index (χ0v) is 17.1. The molecule has 3 aromatic rings. The molecule has 1 saturated heterocycles. The predicted octanol–water partition coefficient (Wildman–Crippen LogP) is 4.93. The van der Waals surface area contributed by atoms with Gasteiger partial charge in [-0.2, -0.15) is 0 Å². The molecule has 4 rings (SSSR count). The Balaban J connectivity index is 1.28. The molecule has 156 valence electrons. The van der Waals surface area contributed by atoms with Gasteiger partial charge in [0.1, 0.15) is 17.3 Å². The zero-order chi connectivity index (χ0) is 20.8. The summed E-state index contributed by atoms with van der Waals surface area (Å²) >= 11 is 0. The molecule has 0 bridgehead atoms. The number of hydrogen-bond donors (Lipinski definition) is 1. The molecule has 30 heavy (non-hydrogen) atoms. The van der Waals surface area contributed by atoms with Crippen molar-refractivity contribution in [3.8, 4) is 11.3 Å². The SMILES string of the molecule is O=C(CCc1ccc(-c2ccccc2F)o1)NCc1ccccc1CN1CCCC1. The normalized spacial score (nSPS) is 14.2. The van der Waals surface area contributed by atoms with Crippen LogP contribution >= 0.6 is 0 Å². The summed E-state index contributed by atoms with van der Waals surface area (Å²) in [5.74, 6) is 0.829. The molecule has 0 aliphatic carbocycles. The van der Waals surface area contributed by atoms with Crippen molar-refractivity contribution in [2.24, 2.45) is 0 Å². The highest BCUT2D eigenvalue weighted by Gasteiger charge is 2.14. The van der Waals surface area contributed by atoms with E-state index in [-0.39, 0.29) is 11.7 Å². The van der Waals surface area contributed by atoms with Crippen LogP contribution in [0.5, 0.6) is 0 Å². The number of furan rings is 1. The molecule has 1 aromatic heterocycles. The Labute approximate surface area is 176 Å². The molecule has 5 heteroatoms. The van der Waals surface area contributed by atoms with Crippen molar-refractivity contribution in [2.45, 2.75) is 38.8 Å². The summed E-state index contributed by atoms with van der Waals surface area (Å²) in [5.41, 5.74) is 2.88. The Morgan fingerprint density at radius 3 is 2.50 bits per heavy atom. The number of amides is 1. The fourth-order valence-corrected chi connectivity index (χ4v) is 3.90. The maximum atomic E-state index is 13.9. The topological polar surface area (TPSA) is 45.5 Å². The van der Waals surface area contributed by atoms with E-state index in [1.165, 1.54) is 24.5 Å². The Hall–Kier alpha value is -2.92. The maximum absolute atomic E-state index is 13.9. The number of halogens is 1. The molecule has 2 aromatic carbocycles. The molecular weight excluding hydrogens is 379 g/mol. The van der Waals surface area contributed by atoms with E-state index < -0.39 is 0 Å². The number of benzene rings is 2. The van der Waals surface area contributed by atoms with Gasteiger partial charge in [-0.05, 0) is 61.3 Å². The monoisotopic (exact) mass is 406 g/mol. The zero-order valence-electron chi connectivity index (χ0n) is 17.1. The number of hydrogen-bond acceptors (Lipinski definition) is 3. The van der Waals surface area contributed by atoms with Gasteiger partial charge in [-0.3, -0.25) is 9.69 Å². The van der Waals surface area contributed by atoms with Crippen LogP contribution in [-0.4, -0.2) is 23.9 Å². The van der Waals surface area contributed by atoms with Crippen molar-refractivity contribution in [3.63, 3.8) is 0 Å². The van der Waals surface area contributed by atoms with E-state index in [2.05, 4.69) is 28.4 Å². The predicted molar refractivity (Wildman–Crippen MR) is 115 cm³/mol. The lowest BCUT2D eigenvalue weighted by Gasteiger charge is -2.17. The van der Waals surface area contributed by atoms with Crippen molar-refractivity contribution in [3.05, 3.63) is 83.4 Å². The third-order valence-electron chi connectivity index (χ3n) is 5.59. The van der Waals surface area contributed by atoms with Gasteiger partial charge in [0, 0.05) is 25.9 Å². The molecule has 1 aliphatic heterocycles. The van der Waals surface area contributed by atoms with Crippen LogP contribution in [0.2, 0.25) is 0 Å². The van der Waals surface area contributed by atoms with E-state index in [1.54, 1.807) is 30.3 Å². The largest absolute Gasteiger partial charge is 0.461 e. The number of carbonyl (C=O) groups excluding carboxylic acids is 1. The first kappa shape index (κ1) is 20.4. The highest BCUT2D eigenvalue weighted by atomic mass is 19.1. The molecule has 0 saturated carbocycles. The molecule has 1 fully saturated rings. The smallest absolute Gasteiger partial charge is 0.220 e. The Morgan fingerprint density at radius 1 is 0.967 bits per heavy atom. The summed E-state index contributed by atoms with van der Waals surface area (Å²) in [7, 11) is 0. The second-order valence-corrected chi connectivity index (χ2v) is 7.77. The molecule has 0 spiro atoms. The van der Waals surface area contributed by atoms with E-state index in [1.807, 2.05) is 6.07 Å². The van der Waals surface area contributed by atoms with Crippen molar-refractivity contribution < 1.29 is 13.6 Å². The lowest BCUT2D eigenvalue weighted by atomic mass is 10.1. The summed E-state index contributed by atoms with van der Waals surface area (Å²) in [6.07, 6.45) is 3.35. The average molecular weight is 407 g/mol. The van der Waals surface area contributed by atoms with Crippen molar-refractivity contribution in [2.75, 3.05) is 13.1 Å². The Morgan fingerprint density at radius 2 is 1.70 bits per heavy atom. The van der Waals surface area contributed by atoms with Gasteiger partial charge in [0.25, 0.3) is 0 Å². The molecular formula is C25H27FN2O2. The first-order chi connectivity index (χ1) is 14.7. The van der Waals surface area contributed by atoms with Crippen LogP contribution in [0.15, 0.2) is 65.1 Å². The van der Waals surface area contributed by atoms with E-state index in [0.29, 0.717) is 36.5 Å². The van der Waals surface area contributed by atoms with E-state index >= 15 is 0 Å². The maximum Gasteiger partial charge on any atom is 0.220 e. The standard InChI is InChI=1S/C25H27FN2O2/c26-23-10-4-3-9-22(23)24-13-11-21(30-24)12-14-25(29)27-17-19-7-1-2-8-20(19)18-28-15-5-6-16-28/h1-4,7-11,13H,5-6,12,14-18H2,(H,27,29). The van der Waals surface area contributed by atoms with Gasteiger partial charge in [0.15, 0.2) is 0 Å². The minimum atomic E-state index is -0.316. The molecule has 2 heterocycles. The number of nitrogens with one attached hydrogen (secondary N) is 1. The van der Waals surface area contributed by atoms with Crippen LogP contribution in [0.3, 0.4) is 0 Å². The van der Waals surface area contributed by atoms with Crippen LogP contribution in [-0.2, 0) is 24.3 Å². The van der Waals surface area contributed by atoms with Gasteiger partial charge in [-0.1, -0.05) is 36.4 Å². The van der Waals surface area contributed by atoms with Gasteiger partial charge in [-0.25, -0.2) is 4.39 Å². The van der Waals surface area contributed by atoms with E-state index in [9.17, 15) is 9.18 Å². The average Bonchev–Trinajstić information content (AvgIpc) is 3.44. The van der Waals surface area contributed by atoms with Crippen molar-refractivity contribution >= 4 is 5.91 Å². The van der Waals surface area contributed by atoms with Gasteiger partial charge in [-0.15, -0.1) is 0 Å². The number of aryl methyl sites for hydroxylation is 1. The number of nitrogens with zero attached hydrogens (tertiary/aromatic N) is 1. The lowest BCUT2D eigenvalue weighted by molar-refractivity contribution is -0.121. The molecule has 1 N–H and O–H groups in total. The third kappa shape index (κ3) is 5.16. The number of rotatable bonds is 8. The molecule has 0 radical (unpaired) electrons. The van der Waals surface area contributed by atoms with E-state index in [0.717, 1.165) is 25.2 Å². The fraction of sp³-hybridized carbons (Fsp3) is 0.320. The second-order valence-electron chi connectivity index (χ2n) is 7.77. The molecule has 1 amide bonds. The highest BCUT2D eigenvalue weighted by Crippen LogP contribution is 2.25. The van der Waals surface area contributed by atoms with Crippen LogP contribution in [0, 0.1) is 5.82 Å². The Bertz CT molecular complexity index is 992. The first-order valence-electron chi connectivity index (χ1n) is 10.6. The fourth-order valence-electron chi connectivity index (χ4n) is 3.90. The van der Waals surface area contributed by atoms with Gasteiger partial charge in [0.05, 0.1) is 5.56 Å². The van der Waals surface area contributed by atoms with Gasteiger partial charge < -0.3 is 9.73 Å². The molecule has 0 atom stereocenters. The van der Waals surface area contributed by atoms with E-state index in [4.69, 9.17) is 4.42 Å². The van der Waals surface area contributed by atoms with Gasteiger partial charge in [0.2, 0.25) is 5.91 Å². The molecule has 4 nitrogen and oxygen atoms in total. The summed E-state index contributed by atoms with van der Waals surface area (Å²) in [6, 6.07) is 18.4. The summed E-state index contributed by atoms with van der Waals surface area (Å²) in [5, 5.41) is 3.02.